The minimum Gasteiger partial charge on any atom is -0.495 e. The lowest BCUT2D eigenvalue weighted by molar-refractivity contribution is -0.402. The number of nitrogens with one attached hydrogen (secondary N) is 2. The topological polar surface area (TPSA) is 123 Å². The highest BCUT2D eigenvalue weighted by molar-refractivity contribution is 6.03. The molecule has 0 saturated heterocycles. The molecule has 0 aliphatic heterocycles. The van der Waals surface area contributed by atoms with E-state index in [4.69, 9.17) is 9.15 Å². The van der Waals surface area contributed by atoms with Crippen LogP contribution in [0.25, 0.3) is 22.4 Å². The number of imidazole rings is 1. The van der Waals surface area contributed by atoms with Crippen molar-refractivity contribution in [2.45, 2.75) is 0 Å². The molecule has 0 radical (unpaired) electrons. The van der Waals surface area contributed by atoms with Gasteiger partial charge < -0.3 is 19.5 Å². The number of methoxy groups -OCH3 is 1. The molecule has 0 spiro atoms. The molecule has 28 heavy (non-hydrogen) atoms. The van der Waals surface area contributed by atoms with Gasteiger partial charge in [0.25, 0.3) is 5.91 Å². The second-order valence-electron chi connectivity index (χ2n) is 5.87. The molecule has 4 aromatic rings. The molecule has 2 heterocycles. The van der Waals surface area contributed by atoms with Gasteiger partial charge >= 0.3 is 5.88 Å². The summed E-state index contributed by atoms with van der Waals surface area (Å²) < 4.78 is 10.2. The molecule has 2 aromatic carbocycles. The van der Waals surface area contributed by atoms with Crippen LogP contribution < -0.4 is 10.1 Å². The van der Waals surface area contributed by atoms with E-state index in [-0.39, 0.29) is 5.76 Å². The number of carbonyl (C=O) groups excluding carboxylic acids is 1. The van der Waals surface area contributed by atoms with Crippen molar-refractivity contribution in [3.05, 3.63) is 70.5 Å². The maximum Gasteiger partial charge on any atom is 0.433 e. The smallest absolute Gasteiger partial charge is 0.433 e. The van der Waals surface area contributed by atoms with Gasteiger partial charge in [0, 0.05) is 5.56 Å². The molecule has 0 atom stereocenters. The molecule has 4 rings (SSSR count). The Balaban J connectivity index is 1.66. The Kier molecular flexibility index (Phi) is 4.24. The third-order valence-corrected chi connectivity index (χ3v) is 4.11. The SMILES string of the molecule is COc1ccc(-c2nc3ccccc3[nH]2)cc1NC(=O)c1ccc([N+](=O)[O-])o1. The molecule has 9 heteroatoms. The highest BCUT2D eigenvalue weighted by atomic mass is 16.6. The van der Waals surface area contributed by atoms with E-state index in [1.54, 1.807) is 12.1 Å². The van der Waals surface area contributed by atoms with Crippen LogP contribution in [0.5, 0.6) is 5.75 Å². The molecule has 0 unspecified atom stereocenters. The molecule has 0 aliphatic carbocycles. The van der Waals surface area contributed by atoms with Crippen molar-refractivity contribution < 1.29 is 18.9 Å². The summed E-state index contributed by atoms with van der Waals surface area (Å²) in [5.74, 6) is -0.258. The number of fused-ring (bicyclic) bond motifs is 1. The zero-order chi connectivity index (χ0) is 19.7. The Labute approximate surface area is 158 Å². The van der Waals surface area contributed by atoms with Crippen molar-refractivity contribution in [1.29, 1.82) is 0 Å². The summed E-state index contributed by atoms with van der Waals surface area (Å²) >= 11 is 0. The summed E-state index contributed by atoms with van der Waals surface area (Å²) in [6.07, 6.45) is 0. The molecule has 2 aromatic heterocycles. The summed E-state index contributed by atoms with van der Waals surface area (Å²) in [5, 5.41) is 13.4. The number of nitrogens with zero attached hydrogens (tertiary/aromatic N) is 2. The van der Waals surface area contributed by atoms with Crippen molar-refractivity contribution in [3.63, 3.8) is 0 Å². The first kappa shape index (κ1) is 17.3. The van der Waals surface area contributed by atoms with E-state index in [2.05, 4.69) is 15.3 Å². The number of aromatic nitrogens is 2. The molecule has 9 nitrogen and oxygen atoms in total. The lowest BCUT2D eigenvalue weighted by atomic mass is 10.1. The Morgan fingerprint density at radius 1 is 1.21 bits per heavy atom. The fraction of sp³-hybridized carbons (Fsp3) is 0.0526. The number of nitro groups is 1. The number of amides is 1. The van der Waals surface area contributed by atoms with Crippen molar-refractivity contribution >= 4 is 28.5 Å². The van der Waals surface area contributed by atoms with Gasteiger partial charge in [-0.3, -0.25) is 14.9 Å². The average Bonchev–Trinajstić information content (AvgIpc) is 3.35. The van der Waals surface area contributed by atoms with Gasteiger partial charge in [-0.1, -0.05) is 12.1 Å². The van der Waals surface area contributed by atoms with Crippen LogP contribution in [-0.2, 0) is 0 Å². The zero-order valence-electron chi connectivity index (χ0n) is 14.6. The molecule has 0 aliphatic rings. The van der Waals surface area contributed by atoms with Gasteiger partial charge in [0.2, 0.25) is 0 Å². The number of furan rings is 1. The second-order valence-corrected chi connectivity index (χ2v) is 5.87. The maximum absolute atomic E-state index is 12.4. The van der Waals surface area contributed by atoms with E-state index in [1.165, 1.54) is 13.2 Å². The quantitative estimate of drug-likeness (QED) is 0.400. The minimum absolute atomic E-state index is 0.178. The Morgan fingerprint density at radius 3 is 2.75 bits per heavy atom. The van der Waals surface area contributed by atoms with E-state index in [9.17, 15) is 14.9 Å². The molecular weight excluding hydrogens is 364 g/mol. The van der Waals surface area contributed by atoms with Crippen molar-refractivity contribution in [3.8, 4) is 17.1 Å². The number of ether oxygens (including phenoxy) is 1. The van der Waals surface area contributed by atoms with Gasteiger partial charge in [-0.15, -0.1) is 0 Å². The first-order valence-electron chi connectivity index (χ1n) is 8.24. The minimum atomic E-state index is -0.709. The average molecular weight is 378 g/mol. The van der Waals surface area contributed by atoms with Crippen LogP contribution in [0.15, 0.2) is 59.0 Å². The molecule has 2 N–H and O–H groups in total. The van der Waals surface area contributed by atoms with E-state index in [0.717, 1.165) is 22.7 Å². The van der Waals surface area contributed by atoms with Crippen LogP contribution in [0, 0.1) is 10.1 Å². The number of rotatable bonds is 5. The van der Waals surface area contributed by atoms with Gasteiger partial charge in [-0.05, 0) is 36.4 Å². The van der Waals surface area contributed by atoms with Gasteiger partial charge in [-0.2, -0.15) is 0 Å². The largest absolute Gasteiger partial charge is 0.495 e. The highest BCUT2D eigenvalue weighted by Gasteiger charge is 2.19. The molecule has 0 bridgehead atoms. The number of anilines is 1. The Hall–Kier alpha value is -4.14. The summed E-state index contributed by atoms with van der Waals surface area (Å²) in [5.41, 5.74) is 2.82. The first-order valence-corrected chi connectivity index (χ1v) is 8.24. The predicted molar refractivity (Wildman–Crippen MR) is 101 cm³/mol. The summed E-state index contributed by atoms with van der Waals surface area (Å²) in [4.78, 5) is 30.2. The van der Waals surface area contributed by atoms with Crippen LogP contribution in [0.3, 0.4) is 0 Å². The molecule has 140 valence electrons. The monoisotopic (exact) mass is 378 g/mol. The Bertz CT molecular complexity index is 1160. The van der Waals surface area contributed by atoms with Crippen LogP contribution in [0.4, 0.5) is 11.6 Å². The lowest BCUT2D eigenvalue weighted by Crippen LogP contribution is -2.12. The fourth-order valence-corrected chi connectivity index (χ4v) is 2.77. The highest BCUT2D eigenvalue weighted by Crippen LogP contribution is 2.31. The van der Waals surface area contributed by atoms with Gasteiger partial charge in [0.1, 0.15) is 16.5 Å². The number of hydrogen-bond donors (Lipinski definition) is 2. The molecule has 0 saturated carbocycles. The van der Waals surface area contributed by atoms with Gasteiger partial charge in [0.15, 0.2) is 5.76 Å². The summed E-state index contributed by atoms with van der Waals surface area (Å²) in [7, 11) is 1.48. The van der Waals surface area contributed by atoms with Crippen molar-refractivity contribution in [2.24, 2.45) is 0 Å². The summed E-state index contributed by atoms with van der Waals surface area (Å²) in [6, 6.07) is 15.2. The van der Waals surface area contributed by atoms with E-state index in [0.29, 0.717) is 17.3 Å². The van der Waals surface area contributed by atoms with E-state index >= 15 is 0 Å². The van der Waals surface area contributed by atoms with Crippen LogP contribution in [0.1, 0.15) is 10.6 Å². The number of carbonyl (C=O) groups is 1. The first-order chi connectivity index (χ1) is 13.5. The fourth-order valence-electron chi connectivity index (χ4n) is 2.77. The van der Waals surface area contributed by atoms with E-state index in [1.807, 2.05) is 30.3 Å². The third kappa shape index (κ3) is 3.16. The van der Waals surface area contributed by atoms with Crippen molar-refractivity contribution in [1.82, 2.24) is 9.97 Å². The number of para-hydroxylation sites is 2. The Morgan fingerprint density at radius 2 is 2.04 bits per heavy atom. The number of H-pyrrole nitrogens is 1. The van der Waals surface area contributed by atoms with Crippen LogP contribution in [-0.4, -0.2) is 27.9 Å². The second kappa shape index (κ2) is 6.88. The van der Waals surface area contributed by atoms with Crippen LogP contribution in [0.2, 0.25) is 0 Å². The number of hydrogen-bond acceptors (Lipinski definition) is 6. The normalized spacial score (nSPS) is 10.8. The zero-order valence-corrected chi connectivity index (χ0v) is 14.6. The standard InChI is InChI=1S/C19H14N4O5/c1-27-15-7-6-11(18-20-12-4-2-3-5-13(12)21-18)10-14(15)22-19(24)16-8-9-17(28-16)23(25)26/h2-10H,1H3,(H,20,21)(H,22,24). The number of aromatic amines is 1. The maximum atomic E-state index is 12.4. The summed E-state index contributed by atoms with van der Waals surface area (Å²) in [6.45, 7) is 0. The van der Waals surface area contributed by atoms with E-state index < -0.39 is 16.7 Å². The van der Waals surface area contributed by atoms with Crippen molar-refractivity contribution in [2.75, 3.05) is 12.4 Å². The lowest BCUT2D eigenvalue weighted by Gasteiger charge is -2.10. The van der Waals surface area contributed by atoms with Crippen LogP contribution >= 0.6 is 0 Å². The molecule has 0 fully saturated rings. The van der Waals surface area contributed by atoms with Gasteiger partial charge in [-0.25, -0.2) is 4.98 Å². The third-order valence-electron chi connectivity index (χ3n) is 4.11. The van der Waals surface area contributed by atoms with Gasteiger partial charge in [0.05, 0.1) is 29.9 Å². The molecule has 1 amide bonds. The predicted octanol–water partition coefficient (Wildman–Crippen LogP) is 3.99. The molecular formula is C19H14N4O5. The number of benzene rings is 2.